The third kappa shape index (κ3) is 20.0. The van der Waals surface area contributed by atoms with Crippen molar-refractivity contribution in [3.8, 4) is 46.0 Å². The maximum atomic E-state index is 12.9. The molecule has 0 radical (unpaired) electrons. The smallest absolute Gasteiger partial charge is 0.344 e. The summed E-state index contributed by atoms with van der Waals surface area (Å²) in [6.07, 6.45) is 14.0. The number of fused-ring (bicyclic) bond motifs is 4. The highest BCUT2D eigenvalue weighted by molar-refractivity contribution is 6.39. The molecule has 0 saturated carbocycles. The van der Waals surface area contributed by atoms with Gasteiger partial charge in [-0.15, -0.1) is 0 Å². The number of hydrogen-bond donors (Lipinski definition) is 0. The maximum Gasteiger partial charge on any atom is 0.344 e. The fourth-order valence-electron chi connectivity index (χ4n) is 10.6. The van der Waals surface area contributed by atoms with E-state index < -0.39 is 101 Å². The van der Waals surface area contributed by atoms with Gasteiger partial charge in [-0.25, -0.2) is 58.3 Å². The zero-order valence-electron chi connectivity index (χ0n) is 58.4. The number of aliphatic imine (C=N–C) groups is 4. The molecule has 4 aromatic rings. The number of nitrogens with zero attached hydrogens (tertiary/aromatic N) is 4. The van der Waals surface area contributed by atoms with Crippen molar-refractivity contribution in [3.63, 3.8) is 0 Å². The molecule has 9 rings (SSSR count). The second-order valence-electron chi connectivity index (χ2n) is 21.8. The first-order chi connectivity index (χ1) is 50.5. The zero-order valence-corrected chi connectivity index (χ0v) is 58.4. The number of allylic oxidation sites excluding steroid dienone is 12. The van der Waals surface area contributed by atoms with Crippen molar-refractivity contribution in [1.29, 1.82) is 0 Å². The molecule has 5 heterocycles. The normalized spacial score (nSPS) is 13.8. The van der Waals surface area contributed by atoms with Gasteiger partial charge in [-0.05, 0) is 175 Å². The van der Waals surface area contributed by atoms with Crippen molar-refractivity contribution in [2.45, 2.75) is 55.4 Å². The lowest BCUT2D eigenvalue weighted by Gasteiger charge is -2.17. The number of hydrogen-bond acceptors (Lipinski definition) is 28. The van der Waals surface area contributed by atoms with Gasteiger partial charge in [0.1, 0.15) is 0 Å². The zero-order chi connectivity index (χ0) is 74.1. The van der Waals surface area contributed by atoms with E-state index >= 15 is 0 Å². The number of rotatable bonds is 36. The molecule has 4 aromatic carbocycles. The van der Waals surface area contributed by atoms with Gasteiger partial charge in [-0.1, -0.05) is 24.3 Å². The highest BCUT2D eigenvalue weighted by Gasteiger charge is 2.31. The molecule has 5 aliphatic rings. The van der Waals surface area contributed by atoms with Gasteiger partial charge in [0, 0.05) is 22.3 Å². The number of carbonyl (C=O) groups is 8. The van der Waals surface area contributed by atoms with Crippen LogP contribution in [0.4, 0.5) is 0 Å². The molecule has 5 aliphatic heterocycles. The third-order valence-electron chi connectivity index (χ3n) is 14.7. The van der Waals surface area contributed by atoms with E-state index in [0.717, 1.165) is 0 Å². The first kappa shape index (κ1) is 75.8. The summed E-state index contributed by atoms with van der Waals surface area (Å²) in [6.45, 7) is 9.53. The highest BCUT2D eigenvalue weighted by atomic mass is 16.6. The van der Waals surface area contributed by atoms with E-state index in [-0.39, 0.29) is 98.9 Å². The van der Waals surface area contributed by atoms with Crippen LogP contribution >= 0.6 is 0 Å². The Morgan fingerprint density at radius 1 is 0.231 bits per heavy atom. The quantitative estimate of drug-likeness (QED) is 0.0302. The molecular weight excluding hydrogens is 1350 g/mol. The highest BCUT2D eigenvalue weighted by Crippen LogP contribution is 2.44. The molecule has 0 unspecified atom stereocenters. The van der Waals surface area contributed by atoms with E-state index in [9.17, 15) is 38.4 Å². The van der Waals surface area contributed by atoms with Crippen molar-refractivity contribution in [3.05, 3.63) is 166 Å². The molecule has 28 nitrogen and oxygen atoms in total. The van der Waals surface area contributed by atoms with Gasteiger partial charge >= 0.3 is 47.8 Å². The summed E-state index contributed by atoms with van der Waals surface area (Å²) in [5, 5.41) is 0. The molecule has 0 atom stereocenters. The van der Waals surface area contributed by atoms with Crippen molar-refractivity contribution in [2.24, 2.45) is 20.0 Å². The average Bonchev–Trinajstić information content (AvgIpc) is 1.61. The number of esters is 8. The van der Waals surface area contributed by atoms with Crippen LogP contribution in [0, 0.1) is 0 Å². The first-order valence-electron chi connectivity index (χ1n) is 33.4. The monoisotopic (exact) mass is 1430 g/mol. The minimum Gasteiger partial charge on any atom is -0.478 e. The SMILES string of the molecule is CCOC(=O)COc1ccc(C2=C3C=CC(=N3)C(c3ccc(OCC(=O)OCC)c(OCC(=O)OCC)c3)=C3C=CC(=N3)C(c3ccc(OCC(=O)OCC)c(OCC(=O)OCC)c3)=C3C=CC(=N3)C(c3ccc(OCC(=O)OCC)c(OCC(=O)OCC)c3)=C3C=CC2=N3)cc1OCC(=O)OCC. The second kappa shape index (κ2) is 37.4. The predicted molar refractivity (Wildman–Crippen MR) is 377 cm³/mol. The van der Waals surface area contributed by atoms with E-state index in [1.807, 2.05) is 0 Å². The lowest BCUT2D eigenvalue weighted by atomic mass is 9.98. The number of ether oxygens (including phenoxy) is 16. The molecule has 0 saturated heterocycles. The summed E-state index contributed by atoms with van der Waals surface area (Å²) in [7, 11) is 0. The van der Waals surface area contributed by atoms with Crippen LogP contribution in [0.2, 0.25) is 0 Å². The van der Waals surface area contributed by atoms with Crippen molar-refractivity contribution >= 4 is 92.9 Å². The van der Waals surface area contributed by atoms with E-state index in [0.29, 0.717) is 90.2 Å². The van der Waals surface area contributed by atoms with Crippen LogP contribution in [-0.4, -0.2) is 176 Å². The molecule has 8 bridgehead atoms. The summed E-state index contributed by atoms with van der Waals surface area (Å²) in [5.74, 6) is -5.10. The first-order valence-corrected chi connectivity index (χ1v) is 33.4. The summed E-state index contributed by atoms with van der Waals surface area (Å²) >= 11 is 0. The molecule has 0 aliphatic carbocycles. The van der Waals surface area contributed by atoms with Gasteiger partial charge in [-0.3, -0.25) is 0 Å². The number of carbonyl (C=O) groups excluding carboxylic acids is 8. The Kier molecular flexibility index (Phi) is 27.2. The Morgan fingerprint density at radius 2 is 0.394 bits per heavy atom. The van der Waals surface area contributed by atoms with Gasteiger partial charge in [0.2, 0.25) is 0 Å². The molecule has 0 spiro atoms. The van der Waals surface area contributed by atoms with E-state index in [1.54, 1.807) is 177 Å². The standard InChI is InChI=1S/C76H76N4O24/c1-9-89-65(81)37-97-57-29-17-45(33-61(57)101-41-69(85)93-13-5)73-49-21-23-51(77-49)74(46-18-30-58(98-38-66(82)90-10-2)62(34-46)102-42-70(86)94-14-6)53-25-27-55(79-53)76(48-20-32-60(100-40-68(84)92-12-4)64(36-48)104-44-72(88)96-16-8)56-28-26-54(80-56)75(52-24-22-50(73)78-52)47-19-31-59(99-39-67(83)91-11-3)63(35-47)103-43-71(87)95-15-7/h17-36H,9-16,37-44H2,1-8H3. The van der Waals surface area contributed by atoms with Crippen LogP contribution in [0.15, 0.2) is 164 Å². The van der Waals surface area contributed by atoms with E-state index in [4.69, 9.17) is 95.8 Å². The number of benzene rings is 4. The lowest BCUT2D eigenvalue weighted by molar-refractivity contribution is -0.146. The molecule has 0 fully saturated rings. The summed E-state index contributed by atoms with van der Waals surface area (Å²) < 4.78 is 89.8. The Bertz CT molecular complexity index is 3840. The fraction of sp³-hybridized carbons (Fsp3) is 0.316. The third-order valence-corrected chi connectivity index (χ3v) is 14.7. The van der Waals surface area contributed by atoms with Crippen molar-refractivity contribution in [2.75, 3.05) is 106 Å². The van der Waals surface area contributed by atoms with E-state index in [1.165, 1.54) is 0 Å². The largest absolute Gasteiger partial charge is 0.478 e. The molecule has 104 heavy (non-hydrogen) atoms. The Hall–Kier alpha value is -12.4. The van der Waals surface area contributed by atoms with E-state index in [2.05, 4.69) is 0 Å². The Balaban J connectivity index is 1.35. The van der Waals surface area contributed by atoms with Gasteiger partial charge in [0.05, 0.1) is 98.5 Å². The molecule has 0 aromatic heterocycles. The Morgan fingerprint density at radius 3 is 0.558 bits per heavy atom. The molecule has 0 amide bonds. The lowest BCUT2D eigenvalue weighted by Crippen LogP contribution is -2.17. The minimum atomic E-state index is -0.693. The van der Waals surface area contributed by atoms with Gasteiger partial charge in [-0.2, -0.15) is 0 Å². The molecule has 28 heteroatoms. The van der Waals surface area contributed by atoms with Crippen LogP contribution in [0.3, 0.4) is 0 Å². The maximum absolute atomic E-state index is 12.9. The Labute approximate surface area is 598 Å². The molecular formula is C76H76N4O24. The van der Waals surface area contributed by atoms with Crippen LogP contribution in [0.1, 0.15) is 77.6 Å². The minimum absolute atomic E-state index is 0.0180. The summed E-state index contributed by atoms with van der Waals surface area (Å²) in [4.78, 5) is 124. The van der Waals surface area contributed by atoms with Crippen LogP contribution in [0.25, 0.3) is 22.3 Å². The average molecular weight is 1430 g/mol. The van der Waals surface area contributed by atoms with Crippen LogP contribution in [-0.2, 0) is 76.3 Å². The topological polar surface area (TPSA) is 334 Å². The van der Waals surface area contributed by atoms with Gasteiger partial charge < -0.3 is 75.8 Å². The summed E-state index contributed by atoms with van der Waals surface area (Å²) in [5.41, 5.74) is 5.65. The van der Waals surface area contributed by atoms with Crippen molar-refractivity contribution in [1.82, 2.24) is 0 Å². The van der Waals surface area contributed by atoms with Crippen LogP contribution < -0.4 is 37.9 Å². The van der Waals surface area contributed by atoms with Gasteiger partial charge in [0.25, 0.3) is 0 Å². The predicted octanol–water partition coefficient (Wildman–Crippen LogP) is 9.22. The van der Waals surface area contributed by atoms with Gasteiger partial charge in [0.15, 0.2) is 98.9 Å². The fourth-order valence-corrected chi connectivity index (χ4v) is 10.6. The molecule has 544 valence electrons. The summed E-state index contributed by atoms with van der Waals surface area (Å²) in [6, 6.07) is 19.3. The second-order valence-corrected chi connectivity index (χ2v) is 21.8. The molecule has 0 N–H and O–H groups in total. The van der Waals surface area contributed by atoms with Crippen molar-refractivity contribution < 1.29 is 114 Å². The van der Waals surface area contributed by atoms with Crippen LogP contribution in [0.5, 0.6) is 46.0 Å².